The molecule has 0 amide bonds. The molecule has 3 nitrogen and oxygen atoms in total. The zero-order chi connectivity index (χ0) is 20.1. The lowest BCUT2D eigenvalue weighted by atomic mass is 9.81. The fraction of sp³-hybridized carbons (Fsp3) is 0.409. The van der Waals surface area contributed by atoms with Crippen molar-refractivity contribution in [1.82, 2.24) is 0 Å². The lowest BCUT2D eigenvalue weighted by Gasteiger charge is -2.41. The molecule has 0 saturated carbocycles. The number of esters is 1. The van der Waals surface area contributed by atoms with Crippen molar-refractivity contribution in [3.8, 4) is 11.1 Å². The van der Waals surface area contributed by atoms with Gasteiger partial charge in [-0.3, -0.25) is 0 Å². The Labute approximate surface area is 162 Å². The Kier molecular flexibility index (Phi) is 6.39. The molecule has 3 rings (SSSR count). The van der Waals surface area contributed by atoms with Crippen molar-refractivity contribution in [2.75, 3.05) is 19.8 Å². The average molecular weight is 392 g/mol. The van der Waals surface area contributed by atoms with Crippen LogP contribution in [0.3, 0.4) is 0 Å². The van der Waals surface area contributed by atoms with Gasteiger partial charge in [-0.15, -0.1) is 0 Å². The van der Waals surface area contributed by atoms with Gasteiger partial charge in [-0.25, -0.2) is 18.0 Å². The van der Waals surface area contributed by atoms with Gasteiger partial charge in [-0.2, -0.15) is 0 Å². The van der Waals surface area contributed by atoms with Gasteiger partial charge in [0, 0.05) is 11.6 Å². The van der Waals surface area contributed by atoms with Crippen molar-refractivity contribution in [2.24, 2.45) is 5.41 Å². The van der Waals surface area contributed by atoms with Crippen LogP contribution in [0.2, 0.25) is 0 Å². The Bertz CT molecular complexity index is 827. The van der Waals surface area contributed by atoms with Gasteiger partial charge in [0.05, 0.1) is 24.2 Å². The first-order valence-electron chi connectivity index (χ1n) is 9.43. The molecule has 1 aliphatic rings. The molecule has 0 unspecified atom stereocenters. The second-order valence-corrected chi connectivity index (χ2v) is 7.38. The lowest BCUT2D eigenvalue weighted by molar-refractivity contribution is -0.143. The van der Waals surface area contributed by atoms with E-state index in [1.165, 1.54) is 12.1 Å². The summed E-state index contributed by atoms with van der Waals surface area (Å²) in [7, 11) is 0. The second-order valence-electron chi connectivity index (χ2n) is 7.38. The van der Waals surface area contributed by atoms with Crippen LogP contribution in [0.5, 0.6) is 0 Å². The maximum atomic E-state index is 14.4. The highest BCUT2D eigenvalue weighted by molar-refractivity contribution is 5.90. The van der Waals surface area contributed by atoms with Crippen LogP contribution in [0.15, 0.2) is 36.4 Å². The third kappa shape index (κ3) is 4.73. The number of ether oxygens (including phenoxy) is 2. The summed E-state index contributed by atoms with van der Waals surface area (Å²) in [5, 5.41) is 0. The predicted molar refractivity (Wildman–Crippen MR) is 99.4 cm³/mol. The minimum Gasteiger partial charge on any atom is -0.461 e. The molecule has 2 aromatic rings. The first-order valence-corrected chi connectivity index (χ1v) is 9.43. The van der Waals surface area contributed by atoms with Crippen molar-refractivity contribution in [3.63, 3.8) is 0 Å². The monoisotopic (exact) mass is 392 g/mol. The number of hydrogen-bond acceptors (Lipinski definition) is 3. The molecule has 2 aromatic carbocycles. The zero-order valence-corrected chi connectivity index (χ0v) is 15.8. The van der Waals surface area contributed by atoms with Gasteiger partial charge < -0.3 is 9.47 Å². The highest BCUT2D eigenvalue weighted by Gasteiger charge is 2.39. The molecule has 1 saturated heterocycles. The van der Waals surface area contributed by atoms with E-state index in [1.807, 2.05) is 0 Å². The molecular formula is C22H23F3O3. The summed E-state index contributed by atoms with van der Waals surface area (Å²) in [6.45, 7) is 3.47. The average Bonchev–Trinajstić information content (AvgIpc) is 2.62. The van der Waals surface area contributed by atoms with E-state index in [0.29, 0.717) is 19.3 Å². The van der Waals surface area contributed by atoms with Crippen LogP contribution in [0, 0.1) is 22.9 Å². The molecule has 0 atom stereocenters. The Morgan fingerprint density at radius 2 is 1.79 bits per heavy atom. The van der Waals surface area contributed by atoms with E-state index < -0.39 is 23.4 Å². The summed E-state index contributed by atoms with van der Waals surface area (Å²) in [6, 6.07) is 6.54. The van der Waals surface area contributed by atoms with Crippen LogP contribution in [0.4, 0.5) is 13.2 Å². The van der Waals surface area contributed by atoms with Gasteiger partial charge in [-0.1, -0.05) is 32.3 Å². The van der Waals surface area contributed by atoms with Crippen molar-refractivity contribution in [3.05, 3.63) is 59.4 Å². The summed E-state index contributed by atoms with van der Waals surface area (Å²) >= 11 is 0. The SMILES string of the molecule is CCCCCC1(COC(=O)c2ccc(-c3cc(F)cc(F)c3)c(F)c2)COC1. The maximum Gasteiger partial charge on any atom is 0.338 e. The topological polar surface area (TPSA) is 35.5 Å². The Morgan fingerprint density at radius 3 is 2.36 bits per heavy atom. The van der Waals surface area contributed by atoms with Crippen LogP contribution < -0.4 is 0 Å². The van der Waals surface area contributed by atoms with Crippen LogP contribution >= 0.6 is 0 Å². The Hall–Kier alpha value is -2.34. The molecule has 0 aliphatic carbocycles. The molecule has 6 heteroatoms. The van der Waals surface area contributed by atoms with E-state index in [1.54, 1.807) is 0 Å². The van der Waals surface area contributed by atoms with Crippen molar-refractivity contribution in [1.29, 1.82) is 0 Å². The highest BCUT2D eigenvalue weighted by Crippen LogP contribution is 2.34. The number of halogens is 3. The standard InChI is InChI=1S/C22H23F3O3/c1-2-3-4-7-22(12-27-13-22)14-28-21(26)15-5-6-19(20(25)10-15)16-8-17(23)11-18(24)9-16/h5-6,8-11H,2-4,7,12-14H2,1H3. The second kappa shape index (κ2) is 8.78. The fourth-order valence-corrected chi connectivity index (χ4v) is 3.33. The summed E-state index contributed by atoms with van der Waals surface area (Å²) in [4.78, 5) is 12.3. The molecule has 0 aromatic heterocycles. The van der Waals surface area contributed by atoms with E-state index in [4.69, 9.17) is 9.47 Å². The summed E-state index contributed by atoms with van der Waals surface area (Å²) in [5.74, 6) is -2.97. The van der Waals surface area contributed by atoms with Gasteiger partial charge >= 0.3 is 5.97 Å². The summed E-state index contributed by atoms with van der Waals surface area (Å²) in [5.41, 5.74) is -0.0144. The maximum absolute atomic E-state index is 14.4. The number of unbranched alkanes of at least 4 members (excludes halogenated alkanes) is 2. The lowest BCUT2D eigenvalue weighted by Crippen LogP contribution is -2.46. The van der Waals surface area contributed by atoms with Crippen LogP contribution in [-0.4, -0.2) is 25.8 Å². The summed E-state index contributed by atoms with van der Waals surface area (Å²) in [6.07, 6.45) is 4.19. The quantitative estimate of drug-likeness (QED) is 0.438. The molecule has 0 N–H and O–H groups in total. The molecule has 150 valence electrons. The van der Waals surface area contributed by atoms with Gasteiger partial charge in [-0.05, 0) is 36.2 Å². The van der Waals surface area contributed by atoms with E-state index in [9.17, 15) is 18.0 Å². The molecule has 28 heavy (non-hydrogen) atoms. The smallest absolute Gasteiger partial charge is 0.338 e. The van der Waals surface area contributed by atoms with Crippen molar-refractivity contribution < 1.29 is 27.4 Å². The number of carbonyl (C=O) groups is 1. The van der Waals surface area contributed by atoms with Crippen LogP contribution in [0.25, 0.3) is 11.1 Å². The van der Waals surface area contributed by atoms with E-state index in [-0.39, 0.29) is 28.7 Å². The highest BCUT2D eigenvalue weighted by atomic mass is 19.1. The van der Waals surface area contributed by atoms with Crippen LogP contribution in [-0.2, 0) is 9.47 Å². The van der Waals surface area contributed by atoms with Gasteiger partial charge in [0.1, 0.15) is 24.1 Å². The molecule has 0 radical (unpaired) electrons. The fourth-order valence-electron chi connectivity index (χ4n) is 3.33. The molecule has 1 aliphatic heterocycles. The third-order valence-electron chi connectivity index (χ3n) is 5.01. The molecule has 0 spiro atoms. The first kappa shape index (κ1) is 20.4. The van der Waals surface area contributed by atoms with Gasteiger partial charge in [0.2, 0.25) is 0 Å². The minimum absolute atomic E-state index is 0.0124. The largest absolute Gasteiger partial charge is 0.461 e. The number of hydrogen-bond donors (Lipinski definition) is 0. The number of benzene rings is 2. The van der Waals surface area contributed by atoms with Crippen molar-refractivity contribution >= 4 is 5.97 Å². The van der Waals surface area contributed by atoms with E-state index in [2.05, 4.69) is 6.92 Å². The zero-order valence-electron chi connectivity index (χ0n) is 15.8. The normalized spacial score (nSPS) is 15.1. The third-order valence-corrected chi connectivity index (χ3v) is 5.01. The van der Waals surface area contributed by atoms with Gasteiger partial charge in [0.25, 0.3) is 0 Å². The van der Waals surface area contributed by atoms with E-state index >= 15 is 0 Å². The Morgan fingerprint density at radius 1 is 1.07 bits per heavy atom. The van der Waals surface area contributed by atoms with Crippen LogP contribution in [0.1, 0.15) is 43.0 Å². The minimum atomic E-state index is -0.797. The van der Waals surface area contributed by atoms with E-state index in [0.717, 1.165) is 43.9 Å². The molecule has 1 fully saturated rings. The molecule has 1 heterocycles. The summed E-state index contributed by atoms with van der Waals surface area (Å²) < 4.78 is 51.9. The molecule has 0 bridgehead atoms. The number of rotatable bonds is 8. The predicted octanol–water partition coefficient (Wildman–Crippen LogP) is 5.52. The van der Waals surface area contributed by atoms with Crippen molar-refractivity contribution in [2.45, 2.75) is 32.6 Å². The Balaban J connectivity index is 1.67. The molecular weight excluding hydrogens is 369 g/mol. The number of carbonyl (C=O) groups excluding carboxylic acids is 1. The first-order chi connectivity index (χ1) is 13.4. The van der Waals surface area contributed by atoms with Gasteiger partial charge in [0.15, 0.2) is 0 Å².